The number of fused-ring (bicyclic) bond motifs is 1. The predicted octanol–water partition coefficient (Wildman–Crippen LogP) is 2.47. The van der Waals surface area contributed by atoms with Gasteiger partial charge in [-0.15, -0.1) is 0 Å². The first-order valence-electron chi connectivity index (χ1n) is 6.70. The summed E-state index contributed by atoms with van der Waals surface area (Å²) in [6, 6.07) is 12.4. The van der Waals surface area contributed by atoms with E-state index in [4.69, 9.17) is 4.18 Å². The number of rotatable bonds is 4. The van der Waals surface area contributed by atoms with Crippen molar-refractivity contribution in [3.63, 3.8) is 0 Å². The van der Waals surface area contributed by atoms with Gasteiger partial charge in [-0.05, 0) is 23.3 Å². The zero-order chi connectivity index (χ0) is 15.7. The van der Waals surface area contributed by atoms with Crippen LogP contribution >= 0.6 is 0 Å². The molecule has 0 amide bonds. The van der Waals surface area contributed by atoms with Crippen molar-refractivity contribution in [2.45, 2.75) is 23.8 Å². The standard InChI is InChI=1S/C15H13NO5S/c17-16(18)13-5-7-15(8-6-13)22(19,20)21-14-9-11-3-1-2-4-12(11)10-14/h1-8,14H,9-10H2. The Labute approximate surface area is 127 Å². The van der Waals surface area contributed by atoms with Gasteiger partial charge in [-0.1, -0.05) is 24.3 Å². The molecule has 0 bridgehead atoms. The van der Waals surface area contributed by atoms with Gasteiger partial charge in [-0.25, -0.2) is 0 Å². The average molecular weight is 319 g/mol. The van der Waals surface area contributed by atoms with E-state index in [1.54, 1.807) is 0 Å². The first-order chi connectivity index (χ1) is 10.5. The van der Waals surface area contributed by atoms with Crippen LogP contribution in [0.3, 0.4) is 0 Å². The molecule has 1 aliphatic carbocycles. The van der Waals surface area contributed by atoms with E-state index < -0.39 is 21.1 Å². The summed E-state index contributed by atoms with van der Waals surface area (Å²) in [4.78, 5) is 9.94. The van der Waals surface area contributed by atoms with Crippen LogP contribution in [0.1, 0.15) is 11.1 Å². The van der Waals surface area contributed by atoms with Gasteiger partial charge in [0.05, 0.1) is 15.9 Å². The highest BCUT2D eigenvalue weighted by atomic mass is 32.2. The molecule has 2 aromatic rings. The van der Waals surface area contributed by atoms with Gasteiger partial charge in [-0.2, -0.15) is 8.42 Å². The zero-order valence-electron chi connectivity index (χ0n) is 11.5. The van der Waals surface area contributed by atoms with Crippen molar-refractivity contribution >= 4 is 15.8 Å². The van der Waals surface area contributed by atoms with Crippen LogP contribution in [-0.4, -0.2) is 19.4 Å². The number of hydrogen-bond donors (Lipinski definition) is 0. The van der Waals surface area contributed by atoms with Crippen molar-refractivity contribution in [2.75, 3.05) is 0 Å². The van der Waals surface area contributed by atoms with Gasteiger partial charge < -0.3 is 0 Å². The van der Waals surface area contributed by atoms with Crippen molar-refractivity contribution in [3.05, 3.63) is 69.8 Å². The second kappa shape index (κ2) is 5.51. The molecule has 0 aliphatic heterocycles. The zero-order valence-corrected chi connectivity index (χ0v) is 12.3. The number of nitrogens with zero attached hydrogens (tertiary/aromatic N) is 1. The van der Waals surface area contributed by atoms with Gasteiger partial charge >= 0.3 is 0 Å². The lowest BCUT2D eigenvalue weighted by molar-refractivity contribution is -0.384. The summed E-state index contributed by atoms with van der Waals surface area (Å²) in [7, 11) is -3.93. The van der Waals surface area contributed by atoms with Crippen molar-refractivity contribution in [1.29, 1.82) is 0 Å². The Hall–Kier alpha value is -2.25. The van der Waals surface area contributed by atoms with Crippen molar-refractivity contribution in [3.8, 4) is 0 Å². The predicted molar refractivity (Wildman–Crippen MR) is 79.0 cm³/mol. The van der Waals surface area contributed by atoms with E-state index in [-0.39, 0.29) is 10.6 Å². The molecule has 1 aliphatic rings. The maximum absolute atomic E-state index is 12.2. The van der Waals surface area contributed by atoms with Crippen molar-refractivity contribution < 1.29 is 17.5 Å². The lowest BCUT2D eigenvalue weighted by atomic mass is 10.1. The van der Waals surface area contributed by atoms with E-state index in [0.717, 1.165) is 23.3 Å². The Morgan fingerprint density at radius 3 is 2.05 bits per heavy atom. The third kappa shape index (κ3) is 2.86. The molecule has 22 heavy (non-hydrogen) atoms. The van der Waals surface area contributed by atoms with E-state index in [0.29, 0.717) is 12.8 Å². The topological polar surface area (TPSA) is 86.5 Å². The molecule has 0 atom stereocenters. The quantitative estimate of drug-likeness (QED) is 0.491. The second-order valence-corrected chi connectivity index (χ2v) is 6.67. The molecule has 6 nitrogen and oxygen atoms in total. The van der Waals surface area contributed by atoms with Crippen LogP contribution in [0.5, 0.6) is 0 Å². The van der Waals surface area contributed by atoms with Crippen LogP contribution in [0, 0.1) is 10.1 Å². The minimum Gasteiger partial charge on any atom is -0.262 e. The number of benzene rings is 2. The molecule has 0 aromatic heterocycles. The fourth-order valence-corrected chi connectivity index (χ4v) is 3.63. The third-order valence-corrected chi connectivity index (χ3v) is 4.99. The molecule has 0 unspecified atom stereocenters. The normalized spacial score (nSPS) is 14.7. The summed E-state index contributed by atoms with van der Waals surface area (Å²) in [6.07, 6.45) is 0.655. The SMILES string of the molecule is O=[N+]([O-])c1ccc(S(=O)(=O)OC2Cc3ccccc3C2)cc1. The summed E-state index contributed by atoms with van der Waals surface area (Å²) < 4.78 is 29.7. The van der Waals surface area contributed by atoms with E-state index in [1.165, 1.54) is 12.1 Å². The number of nitro groups is 1. The molecule has 2 aromatic carbocycles. The molecule has 0 fully saturated rings. The highest BCUT2D eigenvalue weighted by Crippen LogP contribution is 2.27. The first kappa shape index (κ1) is 14.7. The summed E-state index contributed by atoms with van der Waals surface area (Å²) in [5.41, 5.74) is 2.02. The van der Waals surface area contributed by atoms with E-state index >= 15 is 0 Å². The molecule has 0 heterocycles. The van der Waals surface area contributed by atoms with Crippen molar-refractivity contribution in [1.82, 2.24) is 0 Å². The Morgan fingerprint density at radius 2 is 1.55 bits per heavy atom. The Morgan fingerprint density at radius 1 is 1.00 bits per heavy atom. The van der Waals surface area contributed by atoms with Gasteiger partial charge in [-0.3, -0.25) is 14.3 Å². The highest BCUT2D eigenvalue weighted by Gasteiger charge is 2.28. The maximum Gasteiger partial charge on any atom is 0.297 e. The minimum absolute atomic E-state index is 0.0749. The van der Waals surface area contributed by atoms with Crippen molar-refractivity contribution in [2.24, 2.45) is 0 Å². The Kier molecular flexibility index (Phi) is 3.67. The lowest BCUT2D eigenvalue weighted by Crippen LogP contribution is -2.18. The largest absolute Gasteiger partial charge is 0.297 e. The third-order valence-electron chi connectivity index (χ3n) is 3.61. The van der Waals surface area contributed by atoms with Gasteiger partial charge in [0.15, 0.2) is 0 Å². The molecule has 0 saturated carbocycles. The fraction of sp³-hybridized carbons (Fsp3) is 0.200. The average Bonchev–Trinajstić information content (AvgIpc) is 2.88. The summed E-state index contributed by atoms with van der Waals surface area (Å²) >= 11 is 0. The van der Waals surface area contributed by atoms with Crippen LogP contribution in [0.15, 0.2) is 53.4 Å². The monoisotopic (exact) mass is 319 g/mol. The van der Waals surface area contributed by atoms with Gasteiger partial charge in [0.1, 0.15) is 0 Å². The smallest absolute Gasteiger partial charge is 0.262 e. The molecule has 0 spiro atoms. The molecular weight excluding hydrogens is 306 g/mol. The van der Waals surface area contributed by atoms with Gasteiger partial charge in [0.2, 0.25) is 0 Å². The minimum atomic E-state index is -3.93. The van der Waals surface area contributed by atoms with Crippen LogP contribution in [0.25, 0.3) is 0 Å². The van der Waals surface area contributed by atoms with Crippen LogP contribution in [0.4, 0.5) is 5.69 Å². The van der Waals surface area contributed by atoms with Crippen LogP contribution < -0.4 is 0 Å². The first-order valence-corrected chi connectivity index (χ1v) is 8.11. The van der Waals surface area contributed by atoms with Gasteiger partial charge in [0.25, 0.3) is 15.8 Å². The van der Waals surface area contributed by atoms with E-state index in [2.05, 4.69) is 0 Å². The van der Waals surface area contributed by atoms with E-state index in [1.807, 2.05) is 24.3 Å². The van der Waals surface area contributed by atoms with E-state index in [9.17, 15) is 18.5 Å². The highest BCUT2D eigenvalue weighted by molar-refractivity contribution is 7.86. The summed E-state index contributed by atoms with van der Waals surface area (Å²) in [5.74, 6) is 0. The molecule has 0 radical (unpaired) electrons. The van der Waals surface area contributed by atoms with Crippen LogP contribution in [-0.2, 0) is 27.1 Å². The molecule has 0 saturated heterocycles. The number of non-ortho nitro benzene ring substituents is 1. The maximum atomic E-state index is 12.2. The Balaban J connectivity index is 1.76. The lowest BCUT2D eigenvalue weighted by Gasteiger charge is -2.11. The summed E-state index contributed by atoms with van der Waals surface area (Å²) in [5, 5.41) is 10.6. The molecule has 114 valence electrons. The van der Waals surface area contributed by atoms with Crippen LogP contribution in [0.2, 0.25) is 0 Å². The molecule has 0 N–H and O–H groups in total. The fourth-order valence-electron chi connectivity index (χ4n) is 2.56. The molecule has 3 rings (SSSR count). The second-order valence-electron chi connectivity index (χ2n) is 5.10. The van der Waals surface area contributed by atoms with Gasteiger partial charge in [0, 0.05) is 25.0 Å². The molecular formula is C15H13NO5S. The number of hydrogen-bond acceptors (Lipinski definition) is 5. The molecule has 7 heteroatoms. The summed E-state index contributed by atoms with van der Waals surface area (Å²) in [6.45, 7) is 0. The number of nitro benzene ring substituents is 1. The Bertz CT molecular complexity index is 789.